The monoisotopic (exact) mass is 399 g/mol. The van der Waals surface area contributed by atoms with Crippen LogP contribution >= 0.6 is 0 Å². The van der Waals surface area contributed by atoms with Crippen LogP contribution < -0.4 is 9.47 Å². The summed E-state index contributed by atoms with van der Waals surface area (Å²) in [5, 5.41) is 22.1. The molecular weight excluding hydrogens is 386 g/mol. The number of ether oxygens (including phenoxy) is 3. The van der Waals surface area contributed by atoms with Crippen LogP contribution in [0.4, 0.5) is 11.4 Å². The lowest BCUT2D eigenvalue weighted by molar-refractivity contribution is -0.394. The maximum absolute atomic E-state index is 12.2. The average Bonchev–Trinajstić information content (AvgIpc) is 3.08. The summed E-state index contributed by atoms with van der Waals surface area (Å²) in [5.41, 5.74) is -0.707. The van der Waals surface area contributed by atoms with Gasteiger partial charge in [0.2, 0.25) is 5.90 Å². The predicted molar refractivity (Wildman–Crippen MR) is 99.9 cm³/mol. The number of carbonyl (C=O) groups excluding carboxylic acids is 1. The van der Waals surface area contributed by atoms with Gasteiger partial charge in [-0.25, -0.2) is 9.79 Å². The van der Waals surface area contributed by atoms with E-state index in [-0.39, 0.29) is 17.2 Å². The summed E-state index contributed by atoms with van der Waals surface area (Å²) in [6.45, 7) is 0. The van der Waals surface area contributed by atoms with E-state index in [1.807, 2.05) is 0 Å². The number of rotatable bonds is 6. The zero-order chi connectivity index (χ0) is 21.1. The molecule has 0 unspecified atom stereocenters. The van der Waals surface area contributed by atoms with Crippen LogP contribution in [0.5, 0.6) is 11.5 Å². The Bertz CT molecular complexity index is 1060. The molecule has 148 valence electrons. The minimum Gasteiger partial charge on any atom is -0.497 e. The van der Waals surface area contributed by atoms with Gasteiger partial charge in [0.1, 0.15) is 11.5 Å². The van der Waals surface area contributed by atoms with Crippen molar-refractivity contribution >= 4 is 29.3 Å². The summed E-state index contributed by atoms with van der Waals surface area (Å²) in [7, 11) is 2.94. The molecule has 1 heterocycles. The molecular formula is C18H13N3O8. The molecule has 29 heavy (non-hydrogen) atoms. The lowest BCUT2D eigenvalue weighted by Gasteiger charge is -2.07. The second-order valence-electron chi connectivity index (χ2n) is 5.70. The molecule has 0 saturated carbocycles. The number of nitro benzene ring substituents is 2. The first-order valence-corrected chi connectivity index (χ1v) is 8.01. The summed E-state index contributed by atoms with van der Waals surface area (Å²) < 4.78 is 15.4. The SMILES string of the molecule is COc1ccc(/C=C2\N=C(c3cc([N+](=O)[O-])cc([N+](=O)[O-])c3)OC2=O)c(OC)c1. The van der Waals surface area contributed by atoms with E-state index in [4.69, 9.17) is 14.2 Å². The summed E-state index contributed by atoms with van der Waals surface area (Å²) in [4.78, 5) is 36.7. The Morgan fingerprint density at radius 2 is 1.66 bits per heavy atom. The van der Waals surface area contributed by atoms with E-state index in [9.17, 15) is 25.0 Å². The largest absolute Gasteiger partial charge is 0.497 e. The number of non-ortho nitro benzene ring substituents is 2. The van der Waals surface area contributed by atoms with Crippen LogP contribution in [0.15, 0.2) is 47.1 Å². The van der Waals surface area contributed by atoms with Crippen LogP contribution in [0.25, 0.3) is 6.08 Å². The Kier molecular flexibility index (Phi) is 5.21. The molecule has 0 aromatic heterocycles. The smallest absolute Gasteiger partial charge is 0.363 e. The molecule has 0 aliphatic carbocycles. The fourth-order valence-corrected chi connectivity index (χ4v) is 2.55. The van der Waals surface area contributed by atoms with Crippen molar-refractivity contribution in [2.75, 3.05) is 14.2 Å². The minimum absolute atomic E-state index is 0.0654. The molecule has 0 fully saturated rings. The van der Waals surface area contributed by atoms with Crippen LogP contribution in [0.2, 0.25) is 0 Å². The van der Waals surface area contributed by atoms with Crippen LogP contribution in [0.3, 0.4) is 0 Å². The summed E-state index contributed by atoms with van der Waals surface area (Å²) in [5.74, 6) is -0.127. The standard InChI is InChI=1S/C18H13N3O8/c1-27-14-4-3-10(16(9-14)28-2)7-15-18(22)29-17(19-15)11-5-12(20(23)24)8-13(6-11)21(25)26/h3-9H,1-2H3/b15-7-. The third-order valence-electron chi connectivity index (χ3n) is 3.92. The molecule has 2 aromatic rings. The maximum atomic E-state index is 12.2. The maximum Gasteiger partial charge on any atom is 0.363 e. The van der Waals surface area contributed by atoms with Gasteiger partial charge in [-0.15, -0.1) is 0 Å². The second-order valence-corrected chi connectivity index (χ2v) is 5.70. The molecule has 0 spiro atoms. The first-order chi connectivity index (χ1) is 13.8. The van der Waals surface area contributed by atoms with Gasteiger partial charge in [0.25, 0.3) is 11.4 Å². The van der Waals surface area contributed by atoms with E-state index in [0.29, 0.717) is 17.1 Å². The van der Waals surface area contributed by atoms with E-state index < -0.39 is 27.2 Å². The van der Waals surface area contributed by atoms with Crippen LogP contribution in [-0.2, 0) is 9.53 Å². The Hall–Kier alpha value is -4.28. The predicted octanol–water partition coefficient (Wildman–Crippen LogP) is 2.86. The number of hydrogen-bond donors (Lipinski definition) is 0. The molecule has 0 saturated heterocycles. The van der Waals surface area contributed by atoms with E-state index in [1.54, 1.807) is 18.2 Å². The highest BCUT2D eigenvalue weighted by atomic mass is 16.6. The fraction of sp³-hybridized carbons (Fsp3) is 0.111. The van der Waals surface area contributed by atoms with Gasteiger partial charge in [0, 0.05) is 23.8 Å². The van der Waals surface area contributed by atoms with Gasteiger partial charge in [0.05, 0.1) is 35.7 Å². The van der Waals surface area contributed by atoms with Gasteiger partial charge in [-0.3, -0.25) is 20.2 Å². The normalized spacial score (nSPS) is 14.3. The topological polar surface area (TPSA) is 143 Å². The highest BCUT2D eigenvalue weighted by Crippen LogP contribution is 2.30. The van der Waals surface area contributed by atoms with Gasteiger partial charge >= 0.3 is 5.97 Å². The molecule has 0 bridgehead atoms. The van der Waals surface area contributed by atoms with Gasteiger partial charge < -0.3 is 14.2 Å². The van der Waals surface area contributed by atoms with Crippen molar-refractivity contribution in [1.82, 2.24) is 0 Å². The van der Waals surface area contributed by atoms with Crippen molar-refractivity contribution in [1.29, 1.82) is 0 Å². The molecule has 0 N–H and O–H groups in total. The number of methoxy groups -OCH3 is 2. The Balaban J connectivity index is 2.04. The van der Waals surface area contributed by atoms with Crippen molar-refractivity contribution in [3.05, 3.63) is 73.5 Å². The molecule has 0 atom stereocenters. The lowest BCUT2D eigenvalue weighted by Crippen LogP contribution is -2.06. The lowest BCUT2D eigenvalue weighted by atomic mass is 10.1. The molecule has 2 aromatic carbocycles. The van der Waals surface area contributed by atoms with Crippen molar-refractivity contribution in [2.24, 2.45) is 4.99 Å². The Morgan fingerprint density at radius 3 is 2.21 bits per heavy atom. The molecule has 11 nitrogen and oxygen atoms in total. The van der Waals surface area contributed by atoms with Crippen LogP contribution in [-0.4, -0.2) is 35.9 Å². The van der Waals surface area contributed by atoms with E-state index in [0.717, 1.165) is 18.2 Å². The summed E-state index contributed by atoms with van der Waals surface area (Å²) in [6.07, 6.45) is 1.40. The zero-order valence-electron chi connectivity index (χ0n) is 15.1. The first-order valence-electron chi connectivity index (χ1n) is 8.01. The molecule has 0 radical (unpaired) electrons. The Labute approximate surface area is 163 Å². The quantitative estimate of drug-likeness (QED) is 0.312. The number of aliphatic imine (C=N–C) groups is 1. The zero-order valence-corrected chi connectivity index (χ0v) is 15.1. The van der Waals surface area contributed by atoms with Crippen molar-refractivity contribution in [3.63, 3.8) is 0 Å². The third kappa shape index (κ3) is 4.03. The van der Waals surface area contributed by atoms with E-state index in [1.165, 1.54) is 20.3 Å². The first kappa shape index (κ1) is 19.5. The summed E-state index contributed by atoms with van der Waals surface area (Å²) >= 11 is 0. The number of esters is 1. The van der Waals surface area contributed by atoms with E-state index in [2.05, 4.69) is 4.99 Å². The number of benzene rings is 2. The fourth-order valence-electron chi connectivity index (χ4n) is 2.55. The van der Waals surface area contributed by atoms with Gasteiger partial charge in [-0.1, -0.05) is 0 Å². The highest BCUT2D eigenvalue weighted by Gasteiger charge is 2.28. The van der Waals surface area contributed by atoms with Crippen molar-refractivity contribution in [3.8, 4) is 11.5 Å². The molecule has 1 aliphatic rings. The number of nitro groups is 2. The highest BCUT2D eigenvalue weighted by molar-refractivity contribution is 6.13. The number of cyclic esters (lactones) is 1. The third-order valence-corrected chi connectivity index (χ3v) is 3.92. The van der Waals surface area contributed by atoms with Crippen LogP contribution in [0, 0.1) is 20.2 Å². The molecule has 11 heteroatoms. The Morgan fingerprint density at radius 1 is 1.00 bits per heavy atom. The second kappa shape index (κ2) is 7.76. The molecule has 0 amide bonds. The summed E-state index contributed by atoms with van der Waals surface area (Å²) in [6, 6.07) is 7.79. The molecule has 1 aliphatic heterocycles. The number of carbonyl (C=O) groups is 1. The average molecular weight is 399 g/mol. The number of hydrogen-bond acceptors (Lipinski definition) is 9. The number of nitrogens with zero attached hydrogens (tertiary/aromatic N) is 3. The van der Waals surface area contributed by atoms with Crippen molar-refractivity contribution in [2.45, 2.75) is 0 Å². The minimum atomic E-state index is -0.813. The van der Waals surface area contributed by atoms with Gasteiger partial charge in [-0.05, 0) is 18.2 Å². The molecule has 3 rings (SSSR count). The van der Waals surface area contributed by atoms with E-state index >= 15 is 0 Å². The van der Waals surface area contributed by atoms with Gasteiger partial charge in [-0.2, -0.15) is 0 Å². The van der Waals surface area contributed by atoms with Crippen LogP contribution in [0.1, 0.15) is 11.1 Å². The van der Waals surface area contributed by atoms with Gasteiger partial charge in [0.15, 0.2) is 5.70 Å². The van der Waals surface area contributed by atoms with Crippen molar-refractivity contribution < 1.29 is 28.9 Å².